The van der Waals surface area contributed by atoms with Crippen molar-refractivity contribution < 1.29 is 14.3 Å². The molecule has 1 aromatic heterocycles. The van der Waals surface area contributed by atoms with Crippen LogP contribution in [0.1, 0.15) is 27.4 Å². The number of hydrogen-bond donors (Lipinski definition) is 2. The van der Waals surface area contributed by atoms with Crippen LogP contribution in [0.3, 0.4) is 0 Å². The normalized spacial score (nSPS) is 10.4. The quantitative estimate of drug-likeness (QED) is 0.646. The first-order valence-electron chi connectivity index (χ1n) is 9.13. The highest BCUT2D eigenvalue weighted by Gasteiger charge is 2.14. The molecule has 2 N–H and O–H groups in total. The lowest BCUT2D eigenvalue weighted by Gasteiger charge is -2.13. The van der Waals surface area contributed by atoms with E-state index in [2.05, 4.69) is 20.6 Å². The maximum absolute atomic E-state index is 12.8. The van der Waals surface area contributed by atoms with E-state index in [1.165, 1.54) is 0 Å². The SMILES string of the molecule is COc1ccc(OC)c(Nc2cc(C(=O)Nc3ccc(C)cc3C)nc(C)n2)c1. The molecule has 0 saturated heterocycles. The first-order chi connectivity index (χ1) is 13.9. The summed E-state index contributed by atoms with van der Waals surface area (Å²) in [7, 11) is 3.18. The van der Waals surface area contributed by atoms with Gasteiger partial charge in [-0.15, -0.1) is 0 Å². The third-order valence-corrected chi connectivity index (χ3v) is 4.37. The number of amides is 1. The predicted molar refractivity (Wildman–Crippen MR) is 113 cm³/mol. The highest BCUT2D eigenvalue weighted by molar-refractivity contribution is 6.03. The average Bonchev–Trinajstić information content (AvgIpc) is 2.69. The van der Waals surface area contributed by atoms with Gasteiger partial charge in [-0.05, 0) is 44.5 Å². The number of aromatic nitrogens is 2. The Hall–Kier alpha value is -3.61. The number of carbonyl (C=O) groups is 1. The Morgan fingerprint density at radius 2 is 1.69 bits per heavy atom. The Labute approximate surface area is 170 Å². The van der Waals surface area contributed by atoms with E-state index in [-0.39, 0.29) is 11.6 Å². The molecule has 7 heteroatoms. The second-order valence-electron chi connectivity index (χ2n) is 6.65. The summed E-state index contributed by atoms with van der Waals surface area (Å²) in [4.78, 5) is 21.4. The highest BCUT2D eigenvalue weighted by atomic mass is 16.5. The van der Waals surface area contributed by atoms with E-state index in [4.69, 9.17) is 9.47 Å². The third kappa shape index (κ3) is 4.82. The molecule has 0 saturated carbocycles. The van der Waals surface area contributed by atoms with Gasteiger partial charge in [0.2, 0.25) is 0 Å². The van der Waals surface area contributed by atoms with Gasteiger partial charge in [0.25, 0.3) is 5.91 Å². The number of methoxy groups -OCH3 is 2. The summed E-state index contributed by atoms with van der Waals surface area (Å²) in [5.74, 6) is 1.95. The van der Waals surface area contributed by atoms with Crippen molar-refractivity contribution in [2.75, 3.05) is 24.9 Å². The molecule has 1 amide bonds. The zero-order valence-electron chi connectivity index (χ0n) is 17.2. The number of nitrogens with one attached hydrogen (secondary N) is 2. The topological polar surface area (TPSA) is 85.4 Å². The van der Waals surface area contributed by atoms with Gasteiger partial charge >= 0.3 is 0 Å². The Morgan fingerprint density at radius 3 is 2.38 bits per heavy atom. The third-order valence-electron chi connectivity index (χ3n) is 4.37. The Kier molecular flexibility index (Phi) is 5.97. The second kappa shape index (κ2) is 8.60. The van der Waals surface area contributed by atoms with Crippen LogP contribution >= 0.6 is 0 Å². The standard InChI is InChI=1S/C22H24N4O3/c1-13-6-8-17(14(2)10-13)26-22(27)19-12-21(24-15(3)23-19)25-18-11-16(28-4)7-9-20(18)29-5/h6-12H,1-5H3,(H,26,27)(H,23,24,25). The summed E-state index contributed by atoms with van der Waals surface area (Å²) in [5, 5.41) is 6.09. The summed E-state index contributed by atoms with van der Waals surface area (Å²) < 4.78 is 10.7. The fraction of sp³-hybridized carbons (Fsp3) is 0.227. The second-order valence-corrected chi connectivity index (χ2v) is 6.65. The van der Waals surface area contributed by atoms with Crippen molar-refractivity contribution in [3.05, 3.63) is 65.1 Å². The van der Waals surface area contributed by atoms with Gasteiger partial charge in [0.1, 0.15) is 28.8 Å². The van der Waals surface area contributed by atoms with Crippen LogP contribution in [0.4, 0.5) is 17.2 Å². The molecule has 150 valence electrons. The molecule has 29 heavy (non-hydrogen) atoms. The maximum Gasteiger partial charge on any atom is 0.274 e. The van der Waals surface area contributed by atoms with E-state index >= 15 is 0 Å². The van der Waals surface area contributed by atoms with Gasteiger partial charge in [-0.2, -0.15) is 0 Å². The average molecular weight is 392 g/mol. The number of anilines is 3. The van der Waals surface area contributed by atoms with Crippen molar-refractivity contribution in [2.45, 2.75) is 20.8 Å². The number of nitrogens with zero attached hydrogens (tertiary/aromatic N) is 2. The highest BCUT2D eigenvalue weighted by Crippen LogP contribution is 2.31. The Balaban J connectivity index is 1.87. The van der Waals surface area contributed by atoms with E-state index in [9.17, 15) is 4.79 Å². The van der Waals surface area contributed by atoms with Gasteiger partial charge in [-0.25, -0.2) is 9.97 Å². The Morgan fingerprint density at radius 1 is 0.897 bits per heavy atom. The molecule has 7 nitrogen and oxygen atoms in total. The van der Waals surface area contributed by atoms with Crippen LogP contribution in [0.25, 0.3) is 0 Å². The summed E-state index contributed by atoms with van der Waals surface area (Å²) in [6, 6.07) is 12.9. The van der Waals surface area contributed by atoms with Gasteiger partial charge < -0.3 is 20.1 Å². The molecule has 0 aliphatic heterocycles. The van der Waals surface area contributed by atoms with Gasteiger partial charge in [-0.3, -0.25) is 4.79 Å². The summed E-state index contributed by atoms with van der Waals surface area (Å²) in [6.07, 6.45) is 0. The fourth-order valence-electron chi connectivity index (χ4n) is 2.94. The molecule has 1 heterocycles. The fourth-order valence-corrected chi connectivity index (χ4v) is 2.94. The van der Waals surface area contributed by atoms with Crippen LogP contribution in [-0.2, 0) is 0 Å². The number of ether oxygens (including phenoxy) is 2. The molecule has 3 rings (SSSR count). The molecule has 0 unspecified atom stereocenters. The minimum Gasteiger partial charge on any atom is -0.497 e. The molecular formula is C22H24N4O3. The molecular weight excluding hydrogens is 368 g/mol. The van der Waals surface area contributed by atoms with Crippen molar-refractivity contribution in [1.29, 1.82) is 0 Å². The van der Waals surface area contributed by atoms with Crippen LogP contribution in [0, 0.1) is 20.8 Å². The monoisotopic (exact) mass is 392 g/mol. The molecule has 0 radical (unpaired) electrons. The molecule has 0 spiro atoms. The van der Waals surface area contributed by atoms with Crippen LogP contribution in [0.15, 0.2) is 42.5 Å². The van der Waals surface area contributed by atoms with E-state index in [0.717, 1.165) is 16.8 Å². The van der Waals surface area contributed by atoms with Crippen LogP contribution < -0.4 is 20.1 Å². The summed E-state index contributed by atoms with van der Waals surface area (Å²) in [5.41, 5.74) is 3.81. The maximum atomic E-state index is 12.8. The number of carbonyl (C=O) groups excluding carboxylic acids is 1. The number of hydrogen-bond acceptors (Lipinski definition) is 6. The van der Waals surface area contributed by atoms with E-state index in [1.54, 1.807) is 45.4 Å². The van der Waals surface area contributed by atoms with Crippen molar-refractivity contribution in [3.63, 3.8) is 0 Å². The van der Waals surface area contributed by atoms with Crippen LogP contribution in [0.5, 0.6) is 11.5 Å². The van der Waals surface area contributed by atoms with Gasteiger partial charge in [0.05, 0.1) is 19.9 Å². The molecule has 0 fully saturated rings. The molecule has 0 aliphatic rings. The van der Waals surface area contributed by atoms with Crippen molar-refractivity contribution in [1.82, 2.24) is 9.97 Å². The van der Waals surface area contributed by atoms with Crippen molar-refractivity contribution in [2.24, 2.45) is 0 Å². The van der Waals surface area contributed by atoms with Gasteiger partial charge in [0.15, 0.2) is 0 Å². The largest absolute Gasteiger partial charge is 0.497 e. The first kappa shape index (κ1) is 20.1. The van der Waals surface area contributed by atoms with Gasteiger partial charge in [-0.1, -0.05) is 17.7 Å². The summed E-state index contributed by atoms with van der Waals surface area (Å²) >= 11 is 0. The lowest BCUT2D eigenvalue weighted by atomic mass is 10.1. The van der Waals surface area contributed by atoms with E-state index in [0.29, 0.717) is 28.8 Å². The van der Waals surface area contributed by atoms with E-state index in [1.807, 2.05) is 32.0 Å². The smallest absolute Gasteiger partial charge is 0.274 e. The number of aryl methyl sites for hydroxylation is 3. The number of benzene rings is 2. The Bertz CT molecular complexity index is 1050. The minimum absolute atomic E-state index is 0.266. The molecule has 3 aromatic rings. The number of rotatable bonds is 6. The molecule has 0 atom stereocenters. The minimum atomic E-state index is -0.303. The van der Waals surface area contributed by atoms with E-state index < -0.39 is 0 Å². The lowest BCUT2D eigenvalue weighted by Crippen LogP contribution is -2.16. The van der Waals surface area contributed by atoms with Crippen molar-refractivity contribution >= 4 is 23.1 Å². The van der Waals surface area contributed by atoms with Crippen LogP contribution in [-0.4, -0.2) is 30.1 Å². The van der Waals surface area contributed by atoms with Crippen molar-refractivity contribution in [3.8, 4) is 11.5 Å². The zero-order chi connectivity index (χ0) is 21.0. The van der Waals surface area contributed by atoms with Crippen LogP contribution in [0.2, 0.25) is 0 Å². The molecule has 0 bridgehead atoms. The molecule has 0 aliphatic carbocycles. The summed E-state index contributed by atoms with van der Waals surface area (Å²) in [6.45, 7) is 5.70. The predicted octanol–water partition coefficient (Wildman–Crippen LogP) is 4.41. The van der Waals surface area contributed by atoms with Gasteiger partial charge in [0, 0.05) is 17.8 Å². The lowest BCUT2D eigenvalue weighted by molar-refractivity contribution is 0.102. The zero-order valence-corrected chi connectivity index (χ0v) is 17.2. The first-order valence-corrected chi connectivity index (χ1v) is 9.13. The molecule has 2 aromatic carbocycles.